The highest BCUT2D eigenvalue weighted by molar-refractivity contribution is 5.81. The Morgan fingerprint density at radius 2 is 1.62 bits per heavy atom. The van der Waals surface area contributed by atoms with Crippen molar-refractivity contribution in [1.82, 2.24) is 5.16 Å². The summed E-state index contributed by atoms with van der Waals surface area (Å²) in [5, 5.41) is 16.1. The number of aromatic nitrogens is 1. The zero-order valence-corrected chi connectivity index (χ0v) is 20.2. The average molecular weight is 475 g/mol. The van der Waals surface area contributed by atoms with Crippen molar-refractivity contribution < 1.29 is 28.4 Å². The molecule has 0 radical (unpaired) electrons. The van der Waals surface area contributed by atoms with Crippen molar-refractivity contribution in [2.45, 2.75) is 94.8 Å². The van der Waals surface area contributed by atoms with Crippen LogP contribution in [0.2, 0.25) is 0 Å². The van der Waals surface area contributed by atoms with Crippen LogP contribution in [-0.2, 0) is 14.3 Å². The van der Waals surface area contributed by atoms with Crippen molar-refractivity contribution >= 4 is 11.9 Å². The number of carbonyl (C=O) groups excluding carboxylic acids is 2. The van der Waals surface area contributed by atoms with Gasteiger partial charge in [-0.3, -0.25) is 4.79 Å². The van der Waals surface area contributed by atoms with Gasteiger partial charge in [0.1, 0.15) is 12.8 Å². The van der Waals surface area contributed by atoms with Crippen LogP contribution in [0.15, 0.2) is 16.9 Å². The van der Waals surface area contributed by atoms with Crippen molar-refractivity contribution in [3.8, 4) is 0 Å². The summed E-state index contributed by atoms with van der Waals surface area (Å²) >= 11 is 0. The molecule has 2 atom stereocenters. The molecule has 5 aliphatic rings. The van der Waals surface area contributed by atoms with Gasteiger partial charge in [0.05, 0.1) is 13.1 Å². The van der Waals surface area contributed by atoms with Crippen molar-refractivity contribution in [3.05, 3.63) is 18.0 Å². The number of hydrogen-bond donors (Lipinski definition) is 2. The molecular weight excluding hydrogens is 434 g/mol. The van der Waals surface area contributed by atoms with Gasteiger partial charge in [-0.1, -0.05) is 43.7 Å². The third kappa shape index (κ3) is 4.17. The number of nitrogens with two attached hydrogens (primary N) is 1. The third-order valence-electron chi connectivity index (χ3n) is 9.56. The Kier molecular flexibility index (Phi) is 6.73. The highest BCUT2D eigenvalue weighted by atomic mass is 16.6. The molecule has 8 heteroatoms. The van der Waals surface area contributed by atoms with E-state index in [2.05, 4.69) is 5.16 Å². The molecule has 8 nitrogen and oxygen atoms in total. The predicted molar refractivity (Wildman–Crippen MR) is 124 cm³/mol. The van der Waals surface area contributed by atoms with Crippen LogP contribution in [0.1, 0.15) is 88.8 Å². The van der Waals surface area contributed by atoms with Gasteiger partial charge >= 0.3 is 5.97 Å². The van der Waals surface area contributed by atoms with Gasteiger partial charge in [-0.05, 0) is 37.5 Å². The first-order valence-electron chi connectivity index (χ1n) is 13.4. The highest BCUT2D eigenvalue weighted by Gasteiger charge is 2.57. The normalized spacial score (nSPS) is 31.8. The minimum atomic E-state index is -1.40. The van der Waals surface area contributed by atoms with Crippen LogP contribution >= 0.6 is 0 Å². The van der Waals surface area contributed by atoms with Gasteiger partial charge in [0, 0.05) is 24.8 Å². The number of fused-ring (bicyclic) bond motifs is 3. The van der Waals surface area contributed by atoms with Crippen molar-refractivity contribution in [2.24, 2.45) is 23.5 Å². The summed E-state index contributed by atoms with van der Waals surface area (Å²) in [6.07, 6.45) is 13.1. The molecule has 1 amide bonds. The second-order valence-electron chi connectivity index (χ2n) is 11.4. The first-order valence-corrected chi connectivity index (χ1v) is 13.4. The minimum absolute atomic E-state index is 0.0189. The lowest BCUT2D eigenvalue weighted by atomic mass is 9.66. The Balaban J connectivity index is 1.38. The quantitative estimate of drug-likeness (QED) is 0.463. The SMILES string of the molecule is NC(=O)C(c1ccon1)[N+]12CCC(CC1)[C@@H](OC(=O)C(O)(C1CCCCC1)C1CCCCC1)C2. The third-order valence-corrected chi connectivity index (χ3v) is 9.56. The number of quaternary nitrogens is 1. The zero-order chi connectivity index (χ0) is 23.8. The fraction of sp³-hybridized carbons (Fsp3) is 0.808. The molecule has 1 aromatic rings. The van der Waals surface area contributed by atoms with Crippen LogP contribution in [0, 0.1) is 17.8 Å². The molecule has 0 spiro atoms. The van der Waals surface area contributed by atoms with Gasteiger partial charge in [-0.2, -0.15) is 0 Å². The number of rotatable bonds is 7. The van der Waals surface area contributed by atoms with Gasteiger partial charge in [-0.25, -0.2) is 4.79 Å². The molecule has 3 aliphatic heterocycles. The number of piperidine rings is 3. The summed E-state index contributed by atoms with van der Waals surface area (Å²) in [6, 6.07) is 1.09. The average Bonchev–Trinajstić information content (AvgIpc) is 3.39. The van der Waals surface area contributed by atoms with E-state index in [1.807, 2.05) is 0 Å². The Labute approximate surface area is 201 Å². The van der Waals surface area contributed by atoms with Crippen LogP contribution in [0.3, 0.4) is 0 Å². The number of carbonyl (C=O) groups is 2. The van der Waals surface area contributed by atoms with Crippen molar-refractivity contribution in [3.63, 3.8) is 0 Å². The maximum atomic E-state index is 13.8. The molecular formula is C26H40N3O5+. The topological polar surface area (TPSA) is 116 Å². The molecule has 1 unspecified atom stereocenters. The van der Waals surface area contributed by atoms with E-state index >= 15 is 0 Å². The van der Waals surface area contributed by atoms with Gasteiger partial charge in [0.2, 0.25) is 6.04 Å². The summed E-state index contributed by atoms with van der Waals surface area (Å²) in [7, 11) is 0. The molecule has 4 heterocycles. The van der Waals surface area contributed by atoms with Crippen LogP contribution in [0.4, 0.5) is 0 Å². The van der Waals surface area contributed by atoms with Crippen LogP contribution in [0.5, 0.6) is 0 Å². The molecule has 2 saturated carbocycles. The Morgan fingerprint density at radius 1 is 1.03 bits per heavy atom. The lowest BCUT2D eigenvalue weighted by molar-refractivity contribution is -0.965. The molecule has 3 saturated heterocycles. The smallest absolute Gasteiger partial charge is 0.339 e. The highest BCUT2D eigenvalue weighted by Crippen LogP contribution is 2.46. The summed E-state index contributed by atoms with van der Waals surface area (Å²) in [6.45, 7) is 2.13. The summed E-state index contributed by atoms with van der Waals surface area (Å²) in [5.74, 6) is -0.624. The Morgan fingerprint density at radius 3 is 2.12 bits per heavy atom. The van der Waals surface area contributed by atoms with E-state index in [0.29, 0.717) is 16.7 Å². The minimum Gasteiger partial charge on any atom is -0.454 e. The van der Waals surface area contributed by atoms with Gasteiger partial charge in [0.15, 0.2) is 17.4 Å². The van der Waals surface area contributed by atoms with E-state index in [1.165, 1.54) is 19.1 Å². The molecule has 1 aromatic heterocycles. The van der Waals surface area contributed by atoms with Gasteiger partial charge < -0.3 is 24.6 Å². The van der Waals surface area contributed by atoms with Gasteiger partial charge in [-0.15, -0.1) is 0 Å². The molecule has 0 aromatic carbocycles. The summed E-state index contributed by atoms with van der Waals surface area (Å²) < 4.78 is 11.7. The fourth-order valence-electron chi connectivity index (χ4n) is 7.70. The first kappa shape index (κ1) is 23.8. The van der Waals surface area contributed by atoms with Crippen molar-refractivity contribution in [2.75, 3.05) is 19.6 Å². The monoisotopic (exact) mass is 474 g/mol. The molecule has 2 bridgehead atoms. The lowest BCUT2D eigenvalue weighted by Gasteiger charge is -2.54. The molecule has 5 fully saturated rings. The van der Waals surface area contributed by atoms with E-state index in [4.69, 9.17) is 15.0 Å². The number of amides is 1. The Hall–Kier alpha value is -1.93. The molecule has 2 aliphatic carbocycles. The summed E-state index contributed by atoms with van der Waals surface area (Å²) in [5.41, 5.74) is 5.01. The van der Waals surface area contributed by atoms with E-state index in [-0.39, 0.29) is 23.9 Å². The number of hydrogen-bond acceptors (Lipinski definition) is 6. The number of nitrogens with zero attached hydrogens (tertiary/aromatic N) is 2. The van der Waals surface area contributed by atoms with E-state index in [1.54, 1.807) is 6.07 Å². The summed E-state index contributed by atoms with van der Waals surface area (Å²) in [4.78, 5) is 26.4. The zero-order valence-electron chi connectivity index (χ0n) is 20.2. The van der Waals surface area contributed by atoms with E-state index in [9.17, 15) is 14.7 Å². The number of ether oxygens (including phenoxy) is 1. The fourth-order valence-corrected chi connectivity index (χ4v) is 7.70. The first-order chi connectivity index (χ1) is 16.4. The maximum Gasteiger partial charge on any atom is 0.339 e. The Bertz CT molecular complexity index is 834. The molecule has 188 valence electrons. The second-order valence-corrected chi connectivity index (χ2v) is 11.4. The molecule has 34 heavy (non-hydrogen) atoms. The van der Waals surface area contributed by atoms with Crippen LogP contribution < -0.4 is 5.73 Å². The van der Waals surface area contributed by atoms with E-state index in [0.717, 1.165) is 77.3 Å². The standard InChI is InChI=1S/C26H39N3O5/c27-24(30)23(21-13-16-33-28-21)29-14-11-18(12-15-29)22(17-29)34-25(31)26(32,19-7-3-1-4-8-19)20-9-5-2-6-10-20/h13,16,18-20,22-23,32H,1-12,14-15,17H2,(H-,27,30)/p+1/t18?,22-,23?,29?/m0/s1. The van der Waals surface area contributed by atoms with Crippen molar-refractivity contribution in [1.29, 1.82) is 0 Å². The largest absolute Gasteiger partial charge is 0.454 e. The second kappa shape index (κ2) is 9.61. The number of aliphatic hydroxyl groups is 1. The van der Waals surface area contributed by atoms with Gasteiger partial charge in [0.25, 0.3) is 5.91 Å². The predicted octanol–water partition coefficient (Wildman–Crippen LogP) is 3.24. The van der Waals surface area contributed by atoms with Crippen LogP contribution in [0.25, 0.3) is 0 Å². The number of primary amides is 1. The molecule has 6 rings (SSSR count). The van der Waals surface area contributed by atoms with E-state index < -0.39 is 23.5 Å². The molecule has 3 N–H and O–H groups in total. The number of esters is 1. The maximum absolute atomic E-state index is 13.8. The van der Waals surface area contributed by atoms with Crippen LogP contribution in [-0.4, -0.2) is 58.0 Å². The lowest BCUT2D eigenvalue weighted by Crippen LogP contribution is -2.68.